The fourth-order valence-electron chi connectivity index (χ4n) is 5.33. The maximum atomic E-state index is 7.00. The van der Waals surface area contributed by atoms with E-state index in [1.807, 2.05) is 46.1 Å². The van der Waals surface area contributed by atoms with E-state index in [0.29, 0.717) is 11.8 Å². The number of rotatable bonds is 3. The van der Waals surface area contributed by atoms with Gasteiger partial charge in [0.05, 0.1) is 11.6 Å². The highest BCUT2D eigenvalue weighted by Crippen LogP contribution is 2.57. The van der Waals surface area contributed by atoms with Crippen molar-refractivity contribution in [2.45, 2.75) is 87.8 Å². The summed E-state index contributed by atoms with van der Waals surface area (Å²) in [5, 5.41) is 0. The van der Waals surface area contributed by atoms with E-state index in [4.69, 9.17) is 9.73 Å². The van der Waals surface area contributed by atoms with Crippen LogP contribution in [0.15, 0.2) is 81.1 Å². The number of likely N-dealkylation sites (tertiary alicyclic amines) is 1. The SMILES string of the molecule is C/C=C\C1=C(CC(C)C)CC(C)C2=C1N=CC1(O2)N(C)C2=CC=C=CC=C2C1(C)C.CC.CC. The van der Waals surface area contributed by atoms with Gasteiger partial charge in [-0.3, -0.25) is 4.99 Å². The van der Waals surface area contributed by atoms with Gasteiger partial charge >= 0.3 is 0 Å². The maximum Gasteiger partial charge on any atom is 0.228 e. The Balaban J connectivity index is 0.000000970. The summed E-state index contributed by atoms with van der Waals surface area (Å²) >= 11 is 0. The molecular weight excluding hydrogens is 416 g/mol. The summed E-state index contributed by atoms with van der Waals surface area (Å²) in [7, 11) is 2.12. The number of hydrogen-bond donors (Lipinski definition) is 0. The number of aliphatic imine (C=N–C) groups is 1. The second-order valence-electron chi connectivity index (χ2n) is 9.81. The second-order valence-corrected chi connectivity index (χ2v) is 9.81. The first kappa shape index (κ1) is 27.7. The monoisotopic (exact) mass is 462 g/mol. The summed E-state index contributed by atoms with van der Waals surface area (Å²) in [6.07, 6.45) is 16.8. The highest BCUT2D eigenvalue weighted by Gasteiger charge is 2.61. The van der Waals surface area contributed by atoms with Crippen molar-refractivity contribution in [3.63, 3.8) is 0 Å². The molecule has 2 atom stereocenters. The fourth-order valence-corrected chi connectivity index (χ4v) is 5.33. The Hall–Kier alpha value is -2.51. The van der Waals surface area contributed by atoms with Crippen LogP contribution in [-0.2, 0) is 4.74 Å². The number of likely N-dealkylation sites (N-methyl/N-ethyl adjacent to an activating group) is 1. The van der Waals surface area contributed by atoms with E-state index < -0.39 is 5.72 Å². The molecule has 2 unspecified atom stereocenters. The first-order chi connectivity index (χ1) is 16.2. The molecule has 3 nitrogen and oxygen atoms in total. The normalized spacial score (nSPS) is 26.4. The Kier molecular flexibility index (Phi) is 9.20. The first-order valence-electron chi connectivity index (χ1n) is 13.1. The molecule has 0 aromatic heterocycles. The predicted octanol–water partition coefficient (Wildman–Crippen LogP) is 8.51. The van der Waals surface area contributed by atoms with Crippen molar-refractivity contribution in [1.29, 1.82) is 0 Å². The molecular formula is C31H46N2O. The number of allylic oxidation sites excluding steroid dienone is 8. The van der Waals surface area contributed by atoms with Gasteiger partial charge in [0, 0.05) is 24.2 Å². The number of hydrogen-bond acceptors (Lipinski definition) is 3. The molecule has 4 aliphatic rings. The highest BCUT2D eigenvalue weighted by atomic mass is 16.5. The lowest BCUT2D eigenvalue weighted by Gasteiger charge is -2.46. The van der Waals surface area contributed by atoms with Crippen molar-refractivity contribution in [1.82, 2.24) is 4.90 Å². The topological polar surface area (TPSA) is 24.8 Å². The third-order valence-corrected chi connectivity index (χ3v) is 6.88. The van der Waals surface area contributed by atoms with Gasteiger partial charge in [-0.25, -0.2) is 0 Å². The minimum atomic E-state index is -0.632. The van der Waals surface area contributed by atoms with Crippen LogP contribution in [0.5, 0.6) is 0 Å². The zero-order valence-corrected chi connectivity index (χ0v) is 23.4. The lowest BCUT2D eigenvalue weighted by Crippen LogP contribution is -2.55. The van der Waals surface area contributed by atoms with Gasteiger partial charge in [0.1, 0.15) is 11.5 Å². The van der Waals surface area contributed by atoms with Crippen LogP contribution in [0.2, 0.25) is 0 Å². The number of ether oxygens (including phenoxy) is 1. The van der Waals surface area contributed by atoms with Crippen LogP contribution in [0, 0.1) is 17.3 Å². The van der Waals surface area contributed by atoms with Crippen molar-refractivity contribution in [2.75, 3.05) is 7.05 Å². The highest BCUT2D eigenvalue weighted by molar-refractivity contribution is 5.78. The zero-order valence-electron chi connectivity index (χ0n) is 23.4. The molecule has 2 aliphatic heterocycles. The number of nitrogens with zero attached hydrogens (tertiary/aromatic N) is 2. The Morgan fingerprint density at radius 2 is 1.82 bits per heavy atom. The molecule has 0 amide bonds. The standard InChI is InChI=1S/C27H34N2O.2C2H6/c1-8-12-21-20(15-18(2)3)16-19(4)25-24(21)28-17-27(30-25)26(5,6)22-13-10-9-11-14-23(22)29(27)7;2*1-2/h8,10-14,17-19H,15-16H2,1-7H3;2*1-2H3/b12-8-;;. The largest absolute Gasteiger partial charge is 0.464 e. The molecule has 0 N–H and O–H groups in total. The van der Waals surface area contributed by atoms with Crippen LogP contribution in [-0.4, -0.2) is 23.9 Å². The minimum absolute atomic E-state index is 0.256. The lowest BCUT2D eigenvalue weighted by molar-refractivity contribution is -0.0910. The van der Waals surface area contributed by atoms with E-state index in [1.165, 1.54) is 22.4 Å². The van der Waals surface area contributed by atoms with Gasteiger partial charge in [-0.2, -0.15) is 0 Å². The smallest absolute Gasteiger partial charge is 0.228 e. The van der Waals surface area contributed by atoms with Crippen molar-refractivity contribution in [2.24, 2.45) is 22.2 Å². The fraction of sp³-hybridized carbons (Fsp3) is 0.548. The Labute approximate surface area is 209 Å². The molecule has 34 heavy (non-hydrogen) atoms. The molecule has 186 valence electrons. The van der Waals surface area contributed by atoms with Gasteiger partial charge in [0.2, 0.25) is 5.72 Å². The van der Waals surface area contributed by atoms with E-state index in [1.54, 1.807) is 0 Å². The Bertz CT molecular complexity index is 1010. The van der Waals surface area contributed by atoms with Crippen LogP contribution in [0.4, 0.5) is 0 Å². The molecule has 0 radical (unpaired) electrons. The summed E-state index contributed by atoms with van der Waals surface area (Å²) in [5.41, 5.74) is 8.50. The van der Waals surface area contributed by atoms with Gasteiger partial charge < -0.3 is 9.64 Å². The van der Waals surface area contributed by atoms with E-state index in [-0.39, 0.29) is 5.41 Å². The van der Waals surface area contributed by atoms with Gasteiger partial charge in [0.25, 0.3) is 0 Å². The van der Waals surface area contributed by atoms with E-state index >= 15 is 0 Å². The van der Waals surface area contributed by atoms with Gasteiger partial charge in [-0.15, -0.1) is 5.73 Å². The summed E-state index contributed by atoms with van der Waals surface area (Å²) in [6, 6.07) is 0. The van der Waals surface area contributed by atoms with Crippen LogP contribution in [0.1, 0.15) is 82.1 Å². The van der Waals surface area contributed by atoms with Crippen molar-refractivity contribution >= 4 is 6.21 Å². The Morgan fingerprint density at radius 3 is 2.44 bits per heavy atom. The van der Waals surface area contributed by atoms with Crippen LogP contribution >= 0.6 is 0 Å². The van der Waals surface area contributed by atoms with Gasteiger partial charge in [-0.1, -0.05) is 66.2 Å². The van der Waals surface area contributed by atoms with E-state index in [9.17, 15) is 0 Å². The zero-order chi connectivity index (χ0) is 25.7. The molecule has 1 saturated heterocycles. The molecule has 0 aromatic rings. The molecule has 1 spiro atoms. The molecule has 0 bridgehead atoms. The summed E-state index contributed by atoms with van der Waals surface area (Å²) < 4.78 is 7.00. The molecule has 2 heterocycles. The lowest BCUT2D eigenvalue weighted by atomic mass is 9.76. The molecule has 1 fully saturated rings. The molecule has 4 rings (SSSR count). The maximum absolute atomic E-state index is 7.00. The Morgan fingerprint density at radius 1 is 1.18 bits per heavy atom. The average Bonchev–Trinajstić information content (AvgIpc) is 3.02. The second kappa shape index (κ2) is 11.3. The first-order valence-corrected chi connectivity index (χ1v) is 13.1. The predicted molar refractivity (Wildman–Crippen MR) is 147 cm³/mol. The molecule has 2 aliphatic carbocycles. The number of fused-ring (bicyclic) bond motifs is 1. The molecule has 3 heteroatoms. The third kappa shape index (κ3) is 4.56. The van der Waals surface area contributed by atoms with Gasteiger partial charge in [0.15, 0.2) is 0 Å². The van der Waals surface area contributed by atoms with Crippen molar-refractivity contribution in [3.05, 3.63) is 76.1 Å². The summed E-state index contributed by atoms with van der Waals surface area (Å²) in [4.78, 5) is 7.36. The van der Waals surface area contributed by atoms with Crippen LogP contribution in [0.3, 0.4) is 0 Å². The van der Waals surface area contributed by atoms with Crippen LogP contribution in [0.25, 0.3) is 0 Å². The minimum Gasteiger partial charge on any atom is -0.464 e. The van der Waals surface area contributed by atoms with Crippen LogP contribution < -0.4 is 0 Å². The van der Waals surface area contributed by atoms with Crippen molar-refractivity contribution in [3.8, 4) is 0 Å². The van der Waals surface area contributed by atoms with Crippen molar-refractivity contribution < 1.29 is 4.74 Å². The van der Waals surface area contributed by atoms with E-state index in [0.717, 1.165) is 24.3 Å². The van der Waals surface area contributed by atoms with Gasteiger partial charge in [-0.05, 0) is 69.4 Å². The summed E-state index contributed by atoms with van der Waals surface area (Å²) in [6.45, 7) is 21.4. The third-order valence-electron chi connectivity index (χ3n) is 6.88. The quantitative estimate of drug-likeness (QED) is 0.393. The summed E-state index contributed by atoms with van der Waals surface area (Å²) in [5.74, 6) is 1.97. The molecule has 0 aromatic carbocycles. The van der Waals surface area contributed by atoms with E-state index in [2.05, 4.69) is 83.5 Å². The molecule has 0 saturated carbocycles. The average molecular weight is 463 g/mol.